The Kier molecular flexibility index (Phi) is 5.02. The van der Waals surface area contributed by atoms with Gasteiger partial charge in [0.1, 0.15) is 5.75 Å². The van der Waals surface area contributed by atoms with Gasteiger partial charge in [-0.2, -0.15) is 0 Å². The van der Waals surface area contributed by atoms with Gasteiger partial charge in [0.2, 0.25) is 0 Å². The standard InChI is InChI=1S/C13H22O2Si/c1-5-14-16(6-2,12(3)4)15-13-10-8-7-9-11-13/h7-12H,5-6H2,1-4H3. The minimum atomic E-state index is -2.09. The molecule has 0 heterocycles. The molecule has 1 unspecified atom stereocenters. The smallest absolute Gasteiger partial charge is 0.401 e. The van der Waals surface area contributed by atoms with Crippen molar-refractivity contribution in [1.29, 1.82) is 0 Å². The van der Waals surface area contributed by atoms with E-state index in [0.29, 0.717) is 5.54 Å². The SMILES string of the molecule is CCO[Si](CC)(Oc1ccccc1)C(C)C. The van der Waals surface area contributed by atoms with Crippen molar-refractivity contribution in [1.82, 2.24) is 0 Å². The zero-order valence-corrected chi connectivity index (χ0v) is 11.7. The average Bonchev–Trinajstić information content (AvgIpc) is 2.29. The summed E-state index contributed by atoms with van der Waals surface area (Å²) < 4.78 is 12.1. The van der Waals surface area contributed by atoms with Crippen LogP contribution in [-0.4, -0.2) is 15.2 Å². The van der Waals surface area contributed by atoms with Gasteiger partial charge in [-0.15, -0.1) is 0 Å². The van der Waals surface area contributed by atoms with Gasteiger partial charge in [0.15, 0.2) is 0 Å². The number of rotatable bonds is 6. The molecule has 3 heteroatoms. The lowest BCUT2D eigenvalue weighted by Crippen LogP contribution is -2.47. The van der Waals surface area contributed by atoms with Gasteiger partial charge in [0, 0.05) is 12.1 Å². The topological polar surface area (TPSA) is 18.5 Å². The highest BCUT2D eigenvalue weighted by Crippen LogP contribution is 2.29. The minimum Gasteiger partial charge on any atom is -0.520 e. The molecule has 0 N–H and O–H groups in total. The van der Waals surface area contributed by atoms with E-state index in [4.69, 9.17) is 8.85 Å². The molecule has 2 nitrogen and oxygen atoms in total. The fraction of sp³-hybridized carbons (Fsp3) is 0.538. The quantitative estimate of drug-likeness (QED) is 0.698. The summed E-state index contributed by atoms with van der Waals surface area (Å²) >= 11 is 0. The summed E-state index contributed by atoms with van der Waals surface area (Å²) in [5.41, 5.74) is 0.456. The first-order valence-electron chi connectivity index (χ1n) is 6.02. The molecule has 1 aromatic carbocycles. The molecule has 0 bridgehead atoms. The number of para-hydroxylation sites is 1. The maximum atomic E-state index is 6.17. The minimum absolute atomic E-state index is 0.456. The summed E-state index contributed by atoms with van der Waals surface area (Å²) in [5.74, 6) is 0.929. The van der Waals surface area contributed by atoms with Crippen molar-refractivity contribution in [2.45, 2.75) is 39.3 Å². The van der Waals surface area contributed by atoms with Gasteiger partial charge in [-0.05, 0) is 25.1 Å². The molecular weight excluding hydrogens is 216 g/mol. The first-order chi connectivity index (χ1) is 7.64. The summed E-state index contributed by atoms with van der Waals surface area (Å²) in [6.07, 6.45) is 0. The molecule has 1 rings (SSSR count). The van der Waals surface area contributed by atoms with Gasteiger partial charge in [0.05, 0.1) is 0 Å². The van der Waals surface area contributed by atoms with Crippen LogP contribution in [0.1, 0.15) is 27.7 Å². The molecule has 1 aromatic rings. The molecule has 0 aliphatic heterocycles. The fourth-order valence-corrected chi connectivity index (χ4v) is 4.65. The largest absolute Gasteiger partial charge is 0.520 e. The first kappa shape index (κ1) is 13.3. The Morgan fingerprint density at radius 3 is 2.19 bits per heavy atom. The van der Waals surface area contributed by atoms with Gasteiger partial charge in [-0.25, -0.2) is 0 Å². The highest BCUT2D eigenvalue weighted by atomic mass is 28.4. The molecule has 90 valence electrons. The van der Waals surface area contributed by atoms with Crippen LogP contribution < -0.4 is 4.43 Å². The Labute approximate surface area is 99.8 Å². The van der Waals surface area contributed by atoms with E-state index in [1.54, 1.807) is 0 Å². The Morgan fingerprint density at radius 2 is 1.75 bits per heavy atom. The summed E-state index contributed by atoms with van der Waals surface area (Å²) in [7, 11) is -2.09. The Balaban J connectivity index is 2.85. The van der Waals surface area contributed by atoms with Crippen molar-refractivity contribution in [2.24, 2.45) is 0 Å². The molecular formula is C13H22O2Si. The molecule has 0 radical (unpaired) electrons. The molecule has 0 fully saturated rings. The van der Waals surface area contributed by atoms with Crippen LogP contribution in [-0.2, 0) is 4.43 Å². The Hall–Kier alpha value is -0.803. The molecule has 0 saturated heterocycles. The molecule has 1 atom stereocenters. The Morgan fingerprint density at radius 1 is 1.12 bits per heavy atom. The van der Waals surface area contributed by atoms with Gasteiger partial charge in [-0.1, -0.05) is 39.0 Å². The third kappa shape index (κ3) is 3.09. The lowest BCUT2D eigenvalue weighted by molar-refractivity contribution is 0.242. The monoisotopic (exact) mass is 238 g/mol. The average molecular weight is 238 g/mol. The van der Waals surface area contributed by atoms with Crippen molar-refractivity contribution >= 4 is 8.56 Å². The molecule has 0 spiro atoms. The van der Waals surface area contributed by atoms with Gasteiger partial charge >= 0.3 is 8.56 Å². The van der Waals surface area contributed by atoms with Crippen molar-refractivity contribution in [3.63, 3.8) is 0 Å². The zero-order valence-electron chi connectivity index (χ0n) is 10.7. The normalized spacial score (nSPS) is 14.8. The predicted octanol–water partition coefficient (Wildman–Crippen LogP) is 3.97. The van der Waals surface area contributed by atoms with Crippen LogP contribution in [0.25, 0.3) is 0 Å². The maximum absolute atomic E-state index is 6.17. The van der Waals surface area contributed by atoms with Crippen LogP contribution in [0, 0.1) is 0 Å². The predicted molar refractivity (Wildman–Crippen MR) is 70.0 cm³/mol. The summed E-state index contributed by atoms with van der Waals surface area (Å²) in [4.78, 5) is 0. The molecule has 0 aliphatic carbocycles. The summed E-state index contributed by atoms with van der Waals surface area (Å²) in [5, 5.41) is 0. The van der Waals surface area contributed by atoms with Crippen LogP contribution in [0.3, 0.4) is 0 Å². The van der Waals surface area contributed by atoms with E-state index >= 15 is 0 Å². The third-order valence-electron chi connectivity index (χ3n) is 2.79. The van der Waals surface area contributed by atoms with Gasteiger partial charge < -0.3 is 8.85 Å². The van der Waals surface area contributed by atoms with Crippen LogP contribution in [0.2, 0.25) is 11.6 Å². The lowest BCUT2D eigenvalue weighted by atomic mass is 10.3. The molecule has 16 heavy (non-hydrogen) atoms. The van der Waals surface area contributed by atoms with Gasteiger partial charge in [0.25, 0.3) is 0 Å². The summed E-state index contributed by atoms with van der Waals surface area (Å²) in [6, 6.07) is 11.0. The summed E-state index contributed by atoms with van der Waals surface area (Å²) in [6.45, 7) is 9.30. The highest BCUT2D eigenvalue weighted by Gasteiger charge is 2.41. The van der Waals surface area contributed by atoms with Crippen LogP contribution in [0.15, 0.2) is 30.3 Å². The maximum Gasteiger partial charge on any atom is 0.401 e. The van der Waals surface area contributed by atoms with Crippen molar-refractivity contribution < 1.29 is 8.85 Å². The number of hydrogen-bond acceptors (Lipinski definition) is 2. The zero-order chi connectivity index (χ0) is 12.0. The van der Waals surface area contributed by atoms with Crippen molar-refractivity contribution in [3.05, 3.63) is 30.3 Å². The van der Waals surface area contributed by atoms with Crippen molar-refractivity contribution in [3.8, 4) is 5.75 Å². The molecule has 0 aliphatic rings. The third-order valence-corrected chi connectivity index (χ3v) is 6.90. The Bertz CT molecular complexity index is 300. The highest BCUT2D eigenvalue weighted by molar-refractivity contribution is 6.69. The van der Waals surface area contributed by atoms with Gasteiger partial charge in [-0.3, -0.25) is 0 Å². The van der Waals surface area contributed by atoms with Crippen molar-refractivity contribution in [2.75, 3.05) is 6.61 Å². The van der Waals surface area contributed by atoms with Crippen LogP contribution in [0.5, 0.6) is 5.75 Å². The molecule has 0 amide bonds. The van der Waals surface area contributed by atoms with E-state index in [0.717, 1.165) is 18.4 Å². The first-order valence-corrected chi connectivity index (χ1v) is 8.12. The molecule has 0 aromatic heterocycles. The van der Waals surface area contributed by atoms with E-state index < -0.39 is 8.56 Å². The fourth-order valence-electron chi connectivity index (χ4n) is 1.83. The van der Waals surface area contributed by atoms with E-state index in [1.165, 1.54) is 0 Å². The second kappa shape index (κ2) is 6.06. The second-order valence-electron chi connectivity index (χ2n) is 4.17. The van der Waals surface area contributed by atoms with Crippen LogP contribution in [0.4, 0.5) is 0 Å². The number of benzene rings is 1. The van der Waals surface area contributed by atoms with Crippen LogP contribution >= 0.6 is 0 Å². The lowest BCUT2D eigenvalue weighted by Gasteiger charge is -2.33. The second-order valence-corrected chi connectivity index (χ2v) is 8.15. The van der Waals surface area contributed by atoms with E-state index in [9.17, 15) is 0 Å². The van der Waals surface area contributed by atoms with E-state index in [-0.39, 0.29) is 0 Å². The van der Waals surface area contributed by atoms with E-state index in [2.05, 4.69) is 20.8 Å². The number of hydrogen-bond donors (Lipinski definition) is 0. The van der Waals surface area contributed by atoms with E-state index in [1.807, 2.05) is 37.3 Å². The molecule has 0 saturated carbocycles.